The van der Waals surface area contributed by atoms with E-state index < -0.39 is 0 Å². The Balaban J connectivity index is 1.66. The van der Waals surface area contributed by atoms with Crippen molar-refractivity contribution in [2.45, 2.75) is 12.1 Å². The smallest absolute Gasteiger partial charge is 0.235 e. The van der Waals surface area contributed by atoms with E-state index in [2.05, 4.69) is 95.6 Å². The Morgan fingerprint density at radius 1 is 0.704 bits per heavy atom. The summed E-state index contributed by atoms with van der Waals surface area (Å²) in [6.07, 6.45) is -0.111. The molecule has 0 aromatic heterocycles. The van der Waals surface area contributed by atoms with E-state index in [-0.39, 0.29) is 18.0 Å². The Bertz CT molecular complexity index is 1070. The first-order valence-corrected chi connectivity index (χ1v) is 9.28. The third kappa shape index (κ3) is 2.96. The molecule has 132 valence electrons. The number of amides is 1. The van der Waals surface area contributed by atoms with Crippen LogP contribution in [0, 0.1) is 0 Å². The van der Waals surface area contributed by atoms with Gasteiger partial charge in [-0.1, -0.05) is 84.9 Å². The average Bonchev–Trinajstić information content (AvgIpc) is 3.14. The maximum absolute atomic E-state index is 11.9. The van der Waals surface area contributed by atoms with Crippen molar-refractivity contribution >= 4 is 27.5 Å². The predicted molar refractivity (Wildman–Crippen MR) is 110 cm³/mol. The summed E-state index contributed by atoms with van der Waals surface area (Å²) in [4.78, 5) is 11.9. The summed E-state index contributed by atoms with van der Waals surface area (Å²) in [6.45, 7) is 0.363. The molecule has 4 aromatic rings. The molecule has 0 aliphatic carbocycles. The number of fused-ring (bicyclic) bond motifs is 2. The van der Waals surface area contributed by atoms with E-state index in [4.69, 9.17) is 0 Å². The quantitative estimate of drug-likeness (QED) is 0.581. The Kier molecular flexibility index (Phi) is 3.88. The molecule has 1 amide bonds. The first-order chi connectivity index (χ1) is 13.3. The topological polar surface area (TPSA) is 41.1 Å². The van der Waals surface area contributed by atoms with Gasteiger partial charge < -0.3 is 5.32 Å². The summed E-state index contributed by atoms with van der Waals surface area (Å²) in [7, 11) is 0. The number of hydrogen-bond donors (Lipinski definition) is 2. The third-order valence-electron chi connectivity index (χ3n) is 5.40. The molecule has 3 nitrogen and oxygen atoms in total. The van der Waals surface area contributed by atoms with Crippen molar-refractivity contribution in [3.8, 4) is 0 Å². The molecule has 1 heterocycles. The fraction of sp³-hybridized carbons (Fsp3) is 0.125. The molecule has 1 atom stereocenters. The van der Waals surface area contributed by atoms with Crippen LogP contribution in [-0.2, 0) is 4.79 Å². The van der Waals surface area contributed by atoms with E-state index in [1.807, 2.05) is 0 Å². The molecule has 0 spiro atoms. The van der Waals surface area contributed by atoms with E-state index in [9.17, 15) is 4.79 Å². The highest BCUT2D eigenvalue weighted by Crippen LogP contribution is 2.32. The van der Waals surface area contributed by atoms with Crippen LogP contribution in [0.5, 0.6) is 0 Å². The average molecular weight is 352 g/mol. The summed E-state index contributed by atoms with van der Waals surface area (Å²) in [5.41, 5.74) is 2.40. The number of carbonyl (C=O) groups excluding carboxylic acids is 1. The van der Waals surface area contributed by atoms with Crippen LogP contribution in [0.25, 0.3) is 21.5 Å². The van der Waals surface area contributed by atoms with Gasteiger partial charge in [0.1, 0.15) is 0 Å². The lowest BCUT2D eigenvalue weighted by atomic mass is 9.86. The number of benzene rings is 4. The van der Waals surface area contributed by atoms with Gasteiger partial charge in [0.2, 0.25) is 5.91 Å². The van der Waals surface area contributed by atoms with Crippen molar-refractivity contribution in [2.24, 2.45) is 0 Å². The van der Waals surface area contributed by atoms with E-state index in [0.717, 1.165) is 0 Å². The second kappa shape index (κ2) is 6.53. The minimum absolute atomic E-state index is 0.0469. The van der Waals surface area contributed by atoms with E-state index >= 15 is 0 Å². The molecular weight excluding hydrogens is 332 g/mol. The van der Waals surface area contributed by atoms with Crippen LogP contribution in [0.3, 0.4) is 0 Å². The van der Waals surface area contributed by atoms with Crippen molar-refractivity contribution in [3.63, 3.8) is 0 Å². The zero-order valence-corrected chi connectivity index (χ0v) is 14.9. The molecule has 5 rings (SSSR count). The van der Waals surface area contributed by atoms with Crippen LogP contribution in [0.2, 0.25) is 0 Å². The Morgan fingerprint density at radius 2 is 1.22 bits per heavy atom. The highest BCUT2D eigenvalue weighted by Gasteiger charge is 2.30. The molecule has 2 N–H and O–H groups in total. The summed E-state index contributed by atoms with van der Waals surface area (Å²) < 4.78 is 0. The number of hydrogen-bond acceptors (Lipinski definition) is 2. The summed E-state index contributed by atoms with van der Waals surface area (Å²) in [6, 6.07) is 29.9. The molecule has 27 heavy (non-hydrogen) atoms. The van der Waals surface area contributed by atoms with Crippen molar-refractivity contribution in [2.75, 3.05) is 6.54 Å². The zero-order chi connectivity index (χ0) is 18.2. The van der Waals surface area contributed by atoms with Gasteiger partial charge in [-0.15, -0.1) is 0 Å². The minimum Gasteiger partial charge on any atom is -0.339 e. The Hall–Kier alpha value is -3.17. The molecule has 1 fully saturated rings. The van der Waals surface area contributed by atoms with Crippen LogP contribution in [0.4, 0.5) is 0 Å². The molecule has 1 saturated heterocycles. The fourth-order valence-electron chi connectivity index (χ4n) is 4.06. The predicted octanol–water partition coefficient (Wildman–Crippen LogP) is 4.17. The van der Waals surface area contributed by atoms with Gasteiger partial charge in [0.25, 0.3) is 0 Å². The molecule has 4 aromatic carbocycles. The second-order valence-electron chi connectivity index (χ2n) is 7.12. The highest BCUT2D eigenvalue weighted by molar-refractivity contribution is 5.85. The molecule has 3 heteroatoms. The van der Waals surface area contributed by atoms with Gasteiger partial charge in [-0.3, -0.25) is 10.1 Å². The largest absolute Gasteiger partial charge is 0.339 e. The SMILES string of the molecule is O=C1CNC(C(c2ccc3ccccc3c2)c2ccc3ccccc3c2)N1. The van der Waals surface area contributed by atoms with Gasteiger partial charge in [0, 0.05) is 5.92 Å². The van der Waals surface area contributed by atoms with Gasteiger partial charge in [0.15, 0.2) is 0 Å². The van der Waals surface area contributed by atoms with E-state index in [1.54, 1.807) is 0 Å². The highest BCUT2D eigenvalue weighted by atomic mass is 16.2. The molecule has 1 aliphatic rings. The van der Waals surface area contributed by atoms with Crippen molar-refractivity contribution in [1.29, 1.82) is 0 Å². The van der Waals surface area contributed by atoms with Crippen LogP contribution < -0.4 is 10.6 Å². The minimum atomic E-state index is -0.111. The molecule has 0 saturated carbocycles. The van der Waals surface area contributed by atoms with Crippen LogP contribution in [-0.4, -0.2) is 18.6 Å². The van der Waals surface area contributed by atoms with Gasteiger partial charge in [-0.05, 0) is 32.7 Å². The fourth-order valence-corrected chi connectivity index (χ4v) is 4.06. The molecular formula is C24H20N2O. The third-order valence-corrected chi connectivity index (χ3v) is 5.40. The summed E-state index contributed by atoms with van der Waals surface area (Å²) in [5, 5.41) is 11.3. The summed E-state index contributed by atoms with van der Waals surface area (Å²) in [5.74, 6) is 0.0947. The Labute approximate surface area is 158 Å². The van der Waals surface area contributed by atoms with Gasteiger partial charge in [-0.25, -0.2) is 0 Å². The van der Waals surface area contributed by atoms with Crippen molar-refractivity contribution in [3.05, 3.63) is 96.1 Å². The molecule has 1 unspecified atom stereocenters. The maximum atomic E-state index is 11.9. The van der Waals surface area contributed by atoms with Crippen LogP contribution >= 0.6 is 0 Å². The van der Waals surface area contributed by atoms with Gasteiger partial charge in [0.05, 0.1) is 12.7 Å². The second-order valence-corrected chi connectivity index (χ2v) is 7.12. The standard InChI is InChI=1S/C24H20N2O/c27-22-15-25-24(26-22)23(20-11-9-16-5-1-3-7-18(16)13-20)21-12-10-17-6-2-4-8-19(17)14-21/h1-14,23-25H,15H2,(H,26,27). The van der Waals surface area contributed by atoms with Gasteiger partial charge >= 0.3 is 0 Å². The van der Waals surface area contributed by atoms with E-state index in [1.165, 1.54) is 32.7 Å². The van der Waals surface area contributed by atoms with Crippen molar-refractivity contribution < 1.29 is 4.79 Å². The van der Waals surface area contributed by atoms with Crippen LogP contribution in [0.15, 0.2) is 84.9 Å². The van der Waals surface area contributed by atoms with Crippen molar-refractivity contribution in [1.82, 2.24) is 10.6 Å². The number of rotatable bonds is 3. The maximum Gasteiger partial charge on any atom is 0.235 e. The first kappa shape index (κ1) is 16.0. The van der Waals surface area contributed by atoms with E-state index in [0.29, 0.717) is 6.54 Å². The monoisotopic (exact) mass is 352 g/mol. The lowest BCUT2D eigenvalue weighted by Gasteiger charge is -2.25. The van der Waals surface area contributed by atoms with Crippen LogP contribution in [0.1, 0.15) is 17.0 Å². The molecule has 0 bridgehead atoms. The molecule has 0 radical (unpaired) electrons. The zero-order valence-electron chi connectivity index (χ0n) is 14.9. The van der Waals surface area contributed by atoms with Gasteiger partial charge in [-0.2, -0.15) is 0 Å². The number of nitrogens with one attached hydrogen (secondary N) is 2. The number of carbonyl (C=O) groups is 1. The Morgan fingerprint density at radius 3 is 1.70 bits per heavy atom. The summed E-state index contributed by atoms with van der Waals surface area (Å²) >= 11 is 0. The first-order valence-electron chi connectivity index (χ1n) is 9.28. The molecule has 1 aliphatic heterocycles. The normalized spacial score (nSPS) is 16.9. The lowest BCUT2D eigenvalue weighted by molar-refractivity contribution is -0.118. The lowest BCUT2D eigenvalue weighted by Crippen LogP contribution is -2.38.